The van der Waals surface area contributed by atoms with Crippen LogP contribution >= 0.6 is 0 Å². The van der Waals surface area contributed by atoms with Crippen molar-refractivity contribution in [1.82, 2.24) is 0 Å². The van der Waals surface area contributed by atoms with Crippen molar-refractivity contribution in [2.45, 2.75) is 60.8 Å². The molecular weight excluding hydrogens is 1530 g/mol. The van der Waals surface area contributed by atoms with Crippen LogP contribution in [0.2, 0.25) is 0 Å². The monoisotopic (exact) mass is 1570 g/mol. The molecule has 3 heterocycles. The van der Waals surface area contributed by atoms with Crippen molar-refractivity contribution >= 4 is 51.2 Å². The quantitative estimate of drug-likeness (QED) is 0.0933. The van der Waals surface area contributed by atoms with E-state index in [9.17, 15) is 65.9 Å². The van der Waals surface area contributed by atoms with E-state index in [0.717, 1.165) is 37.0 Å². The van der Waals surface area contributed by atoms with Crippen LogP contribution in [0.15, 0.2) is 109 Å². The van der Waals surface area contributed by atoms with Crippen LogP contribution < -0.4 is 14.7 Å². The van der Waals surface area contributed by atoms with Gasteiger partial charge >= 0.3 is 0 Å². The highest BCUT2D eigenvalue weighted by Crippen LogP contribution is 2.54. The second kappa shape index (κ2) is 28.5. The maximum absolute atomic E-state index is 15.6. The molecule has 30 heteroatoms. The van der Waals surface area contributed by atoms with Crippen molar-refractivity contribution in [2.24, 2.45) is 0 Å². The Morgan fingerprint density at radius 1 is 0.189 bits per heavy atom. The Kier molecular flexibility index (Phi) is 19.9. The molecule has 0 aromatic heterocycles. The Hall–Kier alpha value is -11.9. The molecule has 0 spiro atoms. The fourth-order valence-electron chi connectivity index (χ4n) is 13.7. The maximum Gasteiger partial charge on any atom is 0.200 e. The SMILES string of the molecule is Cc1ccc2c(c1)Cc1cc(C)ccc1N2c1c(F)c(F)c(-c2c(F)c(F)c(F)c(F)c2F)c(F)c1F.Cc1ccc2c(c1)N(c1c(F)c(F)c(-c3c(F)c(F)c(F)c(F)c3F)c(F)c1F)c1cc(C)ccc1C2.Cc1cccc2c1Cc1c(C)cccc1N2c1c(F)c(F)c(-c2c(F)c(F)c(F)c(F)c2F)c(F)c1F. The van der Waals surface area contributed by atoms with Crippen LogP contribution in [0.1, 0.15) is 66.8 Å². The van der Waals surface area contributed by atoms with Crippen molar-refractivity contribution < 1.29 is 119 Å². The van der Waals surface area contributed by atoms with Gasteiger partial charge in [0.2, 0.25) is 17.5 Å². The Labute approximate surface area is 609 Å². The van der Waals surface area contributed by atoms with Gasteiger partial charge in [-0.25, -0.2) is 119 Å². The zero-order valence-corrected chi connectivity index (χ0v) is 57.1. The summed E-state index contributed by atoms with van der Waals surface area (Å²) in [7, 11) is 0. The van der Waals surface area contributed by atoms with Crippen LogP contribution in [0.4, 0.5) is 170 Å². The average molecular weight is 1570 g/mol. The molecule has 0 N–H and O–H groups in total. The number of nitrogens with zero attached hydrogens (tertiary/aromatic N) is 3. The summed E-state index contributed by atoms with van der Waals surface area (Å²) in [5, 5.41) is 0. The molecule has 12 aromatic rings. The number of aryl methyl sites for hydroxylation is 6. The van der Waals surface area contributed by atoms with Gasteiger partial charge in [-0.05, 0) is 134 Å². The number of fused-ring (bicyclic) bond motifs is 6. The molecule has 0 saturated heterocycles. The van der Waals surface area contributed by atoms with E-state index in [0.29, 0.717) is 63.8 Å². The average Bonchev–Trinajstić information content (AvgIpc) is 0.732. The maximum atomic E-state index is 15.6. The van der Waals surface area contributed by atoms with Gasteiger partial charge < -0.3 is 14.7 Å². The topological polar surface area (TPSA) is 9.72 Å². The lowest BCUT2D eigenvalue weighted by Gasteiger charge is -2.35. The van der Waals surface area contributed by atoms with E-state index < -0.39 is 208 Å². The van der Waals surface area contributed by atoms with Crippen LogP contribution in [0.5, 0.6) is 0 Å². The van der Waals surface area contributed by atoms with Crippen molar-refractivity contribution in [3.05, 3.63) is 333 Å². The predicted molar refractivity (Wildman–Crippen MR) is 355 cm³/mol. The van der Waals surface area contributed by atoms with Crippen LogP contribution in [0.3, 0.4) is 0 Å². The van der Waals surface area contributed by atoms with Crippen molar-refractivity contribution in [3.8, 4) is 33.4 Å². The Bertz CT molecular complexity index is 5560. The summed E-state index contributed by atoms with van der Waals surface area (Å²) in [6.07, 6.45) is 1.01. The van der Waals surface area contributed by atoms with Gasteiger partial charge in [-0.15, -0.1) is 0 Å². The Morgan fingerprint density at radius 2 is 0.405 bits per heavy atom. The van der Waals surface area contributed by atoms with Gasteiger partial charge in [0.15, 0.2) is 140 Å². The number of anilines is 9. The van der Waals surface area contributed by atoms with Crippen molar-refractivity contribution in [3.63, 3.8) is 0 Å². The zero-order valence-electron chi connectivity index (χ0n) is 57.1. The number of rotatable bonds is 6. The Morgan fingerprint density at radius 3 is 0.685 bits per heavy atom. The molecular formula is C81H42F27N3. The Balaban J connectivity index is 0.000000146. The highest BCUT2D eigenvalue weighted by molar-refractivity contribution is 5.90. The van der Waals surface area contributed by atoms with E-state index in [-0.39, 0.29) is 34.1 Å². The summed E-state index contributed by atoms with van der Waals surface area (Å²) >= 11 is 0. The zero-order chi connectivity index (χ0) is 80.8. The van der Waals surface area contributed by atoms with Crippen LogP contribution in [-0.2, 0) is 19.3 Å². The van der Waals surface area contributed by atoms with Crippen LogP contribution in [0.25, 0.3) is 33.4 Å². The van der Waals surface area contributed by atoms with Gasteiger partial charge in [-0.1, -0.05) is 83.9 Å². The third-order valence-electron chi connectivity index (χ3n) is 19.1. The number of halogens is 27. The molecule has 0 atom stereocenters. The van der Waals surface area contributed by atoms with Gasteiger partial charge in [0.05, 0.1) is 56.1 Å². The fourth-order valence-corrected chi connectivity index (χ4v) is 13.7. The molecule has 12 aromatic carbocycles. The van der Waals surface area contributed by atoms with Gasteiger partial charge in [-0.2, -0.15) is 0 Å². The van der Waals surface area contributed by atoms with E-state index in [1.165, 1.54) is 36.4 Å². The summed E-state index contributed by atoms with van der Waals surface area (Å²) in [6.45, 7) is 10.4. The third kappa shape index (κ3) is 12.3. The second-order valence-corrected chi connectivity index (χ2v) is 26.0. The van der Waals surface area contributed by atoms with Gasteiger partial charge in [0, 0.05) is 30.6 Å². The van der Waals surface area contributed by atoms with Crippen LogP contribution in [0, 0.1) is 199 Å². The first-order chi connectivity index (χ1) is 52.3. The molecule has 0 amide bonds. The summed E-state index contributed by atoms with van der Waals surface area (Å²) in [5.74, 6) is -65.2. The predicted octanol–water partition coefficient (Wildman–Crippen LogP) is 25.8. The standard InChI is InChI=1S/3C27H14F9N/c1-10-3-5-14-12(7-10)9-13-8-11(2)4-6-15(13)37(14)27-25(35)20(30)17(21(31)26(27)36)16-18(28)22(32)24(34)23(33)19(16)29;1-10-3-5-12-9-13-6-4-11(2)8-15(13)37(14(12)7-10)27-25(35)20(30)17(21(31)26(27)36)16-18(28)22(32)24(34)23(33)19(16)29;1-10-5-3-7-14-12(10)9-13-11(2)6-4-8-15(13)37(14)27-25(35)20(30)17(21(31)26(27)36)16-18(28)22(32)24(34)23(33)19(16)29/h3*3-8H,9H2,1-2H3. The molecule has 570 valence electrons. The van der Waals surface area contributed by atoms with E-state index in [4.69, 9.17) is 0 Å². The first-order valence-corrected chi connectivity index (χ1v) is 32.4. The van der Waals surface area contributed by atoms with Crippen LogP contribution in [-0.4, -0.2) is 0 Å². The lowest BCUT2D eigenvalue weighted by molar-refractivity contribution is 0.379. The lowest BCUT2D eigenvalue weighted by atomic mass is 9.89. The summed E-state index contributed by atoms with van der Waals surface area (Å²) < 4.78 is 394. The molecule has 3 nitrogen and oxygen atoms in total. The minimum atomic E-state index is -2.61. The highest BCUT2D eigenvalue weighted by atomic mass is 19.2. The molecule has 0 aliphatic carbocycles. The highest BCUT2D eigenvalue weighted by Gasteiger charge is 2.43. The summed E-state index contributed by atoms with van der Waals surface area (Å²) in [5.41, 5.74) is -7.34. The summed E-state index contributed by atoms with van der Waals surface area (Å²) in [6, 6.07) is 29.1. The van der Waals surface area contributed by atoms with Gasteiger partial charge in [0.1, 0.15) is 17.1 Å². The summed E-state index contributed by atoms with van der Waals surface area (Å²) in [4.78, 5) is 2.80. The first-order valence-electron chi connectivity index (χ1n) is 32.4. The molecule has 111 heavy (non-hydrogen) atoms. The molecule has 0 bridgehead atoms. The second-order valence-electron chi connectivity index (χ2n) is 26.0. The largest absolute Gasteiger partial charge is 0.305 e. The molecule has 3 aliphatic rings. The molecule has 0 radical (unpaired) electrons. The van der Waals surface area contributed by atoms with E-state index in [2.05, 4.69) is 0 Å². The first kappa shape index (κ1) is 77.3. The molecule has 0 unspecified atom stereocenters. The van der Waals surface area contributed by atoms with Gasteiger partial charge in [-0.3, -0.25) is 0 Å². The molecule has 0 fully saturated rings. The fraction of sp³-hybridized carbons (Fsp3) is 0.111. The third-order valence-corrected chi connectivity index (χ3v) is 19.1. The number of hydrogen-bond acceptors (Lipinski definition) is 3. The molecule has 3 aliphatic heterocycles. The van der Waals surface area contributed by atoms with E-state index in [1.807, 2.05) is 0 Å². The smallest absolute Gasteiger partial charge is 0.200 e. The van der Waals surface area contributed by atoms with Crippen molar-refractivity contribution in [2.75, 3.05) is 14.7 Å². The molecule has 0 saturated carbocycles. The lowest BCUT2D eigenvalue weighted by Crippen LogP contribution is -2.23. The van der Waals surface area contributed by atoms with Gasteiger partial charge in [0.25, 0.3) is 0 Å². The normalized spacial score (nSPS) is 12.6. The van der Waals surface area contributed by atoms with E-state index in [1.54, 1.807) is 114 Å². The number of hydrogen-bond donors (Lipinski definition) is 0. The molecule has 15 rings (SSSR count). The minimum absolute atomic E-state index is 0.183. The number of benzene rings is 12. The van der Waals surface area contributed by atoms with Crippen molar-refractivity contribution in [1.29, 1.82) is 0 Å². The van der Waals surface area contributed by atoms with E-state index >= 15 is 52.7 Å². The minimum Gasteiger partial charge on any atom is -0.305 e.